The van der Waals surface area contributed by atoms with Crippen molar-refractivity contribution in [2.24, 2.45) is 17.8 Å². The van der Waals surface area contributed by atoms with Gasteiger partial charge in [0, 0.05) is 6.42 Å². The Bertz CT molecular complexity index is 567. The zero-order valence-electron chi connectivity index (χ0n) is 19.5. The van der Waals surface area contributed by atoms with E-state index in [0.29, 0.717) is 25.1 Å². The summed E-state index contributed by atoms with van der Waals surface area (Å²) in [6.45, 7) is 10.4. The third-order valence-corrected chi connectivity index (χ3v) is 5.62. The molecule has 0 spiro atoms. The topological polar surface area (TPSA) is 52.6 Å². The van der Waals surface area contributed by atoms with Gasteiger partial charge in [-0.3, -0.25) is 0 Å². The van der Waals surface area contributed by atoms with Crippen LogP contribution in [0.5, 0.6) is 5.75 Å². The molecule has 0 amide bonds. The molecule has 3 atom stereocenters. The summed E-state index contributed by atoms with van der Waals surface area (Å²) in [7, 11) is 0. The fraction of sp³-hybridized carbons (Fsp3) is 0.692. The predicted octanol–water partition coefficient (Wildman–Crippen LogP) is 6.40. The highest BCUT2D eigenvalue weighted by atomic mass is 16.5. The molecule has 0 aliphatic rings. The molecule has 3 unspecified atom stereocenters. The van der Waals surface area contributed by atoms with E-state index in [2.05, 4.69) is 27.7 Å². The van der Waals surface area contributed by atoms with Gasteiger partial charge in [0.05, 0.1) is 13.2 Å². The first-order valence-electron chi connectivity index (χ1n) is 11.7. The van der Waals surface area contributed by atoms with Crippen molar-refractivity contribution in [2.45, 2.75) is 91.8 Å². The second-order valence-electron chi connectivity index (χ2n) is 9.13. The largest absolute Gasteiger partial charge is 0.494 e. The van der Waals surface area contributed by atoms with Crippen LogP contribution in [0.2, 0.25) is 0 Å². The first-order chi connectivity index (χ1) is 14.4. The van der Waals surface area contributed by atoms with E-state index in [0.717, 1.165) is 36.2 Å². The van der Waals surface area contributed by atoms with Crippen molar-refractivity contribution in [3.05, 3.63) is 29.8 Å². The minimum absolute atomic E-state index is 0.0971. The van der Waals surface area contributed by atoms with Crippen molar-refractivity contribution in [1.82, 2.24) is 0 Å². The molecule has 0 fully saturated rings. The highest BCUT2D eigenvalue weighted by Gasteiger charge is 2.08. The Balaban J connectivity index is 2.16. The average molecular weight is 419 g/mol. The lowest BCUT2D eigenvalue weighted by atomic mass is 9.93. The molecule has 0 saturated heterocycles. The molecule has 0 aliphatic heterocycles. The molecule has 1 aromatic rings. The lowest BCUT2D eigenvalue weighted by molar-refractivity contribution is -0.123. The van der Waals surface area contributed by atoms with Crippen molar-refractivity contribution in [3.63, 3.8) is 0 Å². The Morgan fingerprint density at radius 1 is 0.833 bits per heavy atom. The molecule has 4 heteroatoms. The van der Waals surface area contributed by atoms with E-state index in [9.17, 15) is 9.59 Å². The van der Waals surface area contributed by atoms with Crippen molar-refractivity contribution in [1.29, 1.82) is 0 Å². The summed E-state index contributed by atoms with van der Waals surface area (Å²) in [5, 5.41) is 0. The number of benzene rings is 1. The van der Waals surface area contributed by atoms with Crippen LogP contribution in [0, 0.1) is 17.8 Å². The van der Waals surface area contributed by atoms with Crippen LogP contribution >= 0.6 is 0 Å². The fourth-order valence-electron chi connectivity index (χ4n) is 3.50. The summed E-state index contributed by atoms with van der Waals surface area (Å²) in [6.07, 6.45) is 9.87. The van der Waals surface area contributed by atoms with Gasteiger partial charge in [-0.25, -0.2) is 0 Å². The summed E-state index contributed by atoms with van der Waals surface area (Å²) in [5.74, 6) is 3.20. The Kier molecular flexibility index (Phi) is 14.1. The Hall–Kier alpha value is -1.68. The summed E-state index contributed by atoms with van der Waals surface area (Å²) in [4.78, 5) is 21.3. The van der Waals surface area contributed by atoms with Crippen molar-refractivity contribution in [2.75, 3.05) is 6.61 Å². The third kappa shape index (κ3) is 12.8. The van der Waals surface area contributed by atoms with Crippen molar-refractivity contribution >= 4 is 12.6 Å². The van der Waals surface area contributed by atoms with Gasteiger partial charge in [0.2, 0.25) is 0 Å². The van der Waals surface area contributed by atoms with E-state index in [-0.39, 0.29) is 6.42 Å². The van der Waals surface area contributed by atoms with Crippen molar-refractivity contribution in [3.8, 4) is 5.75 Å². The maximum Gasteiger partial charge on any atom is 0.149 e. The van der Waals surface area contributed by atoms with Crippen LogP contribution in [0.25, 0.3) is 0 Å². The molecule has 0 aromatic heterocycles. The highest BCUT2D eigenvalue weighted by molar-refractivity contribution is 5.63. The van der Waals surface area contributed by atoms with E-state index >= 15 is 0 Å². The second-order valence-corrected chi connectivity index (χ2v) is 9.13. The van der Waals surface area contributed by atoms with Crippen LogP contribution in [-0.2, 0) is 20.9 Å². The summed E-state index contributed by atoms with van der Waals surface area (Å²) in [5.41, 5.74) is 0.955. The molecule has 1 aromatic carbocycles. The number of rotatable bonds is 18. The summed E-state index contributed by atoms with van der Waals surface area (Å²) >= 11 is 0. The van der Waals surface area contributed by atoms with Gasteiger partial charge in [-0.05, 0) is 41.9 Å². The van der Waals surface area contributed by atoms with Gasteiger partial charge in [0.15, 0.2) is 0 Å². The van der Waals surface area contributed by atoms with Gasteiger partial charge < -0.3 is 19.1 Å². The zero-order valence-corrected chi connectivity index (χ0v) is 19.5. The number of hydrogen-bond acceptors (Lipinski definition) is 4. The lowest BCUT2D eigenvalue weighted by Gasteiger charge is -2.15. The fourth-order valence-corrected chi connectivity index (χ4v) is 3.50. The second kappa shape index (κ2) is 16.1. The molecule has 1 rings (SSSR count). The van der Waals surface area contributed by atoms with Crippen LogP contribution in [0.15, 0.2) is 24.3 Å². The van der Waals surface area contributed by atoms with E-state index in [4.69, 9.17) is 9.47 Å². The number of hydrogen-bond donors (Lipinski definition) is 0. The Morgan fingerprint density at radius 2 is 1.43 bits per heavy atom. The minimum atomic E-state index is -0.664. The zero-order chi connectivity index (χ0) is 22.2. The van der Waals surface area contributed by atoms with Gasteiger partial charge in [-0.2, -0.15) is 0 Å². The number of carbonyl (C=O) groups excluding carboxylic acids is 2. The lowest BCUT2D eigenvalue weighted by Crippen LogP contribution is -2.14. The Morgan fingerprint density at radius 3 is 2.00 bits per heavy atom. The molecule has 0 N–H and O–H groups in total. The van der Waals surface area contributed by atoms with Gasteiger partial charge >= 0.3 is 0 Å². The maximum absolute atomic E-state index is 10.8. The molecular weight excluding hydrogens is 376 g/mol. The van der Waals surface area contributed by atoms with Gasteiger partial charge in [-0.1, -0.05) is 78.4 Å². The third-order valence-electron chi connectivity index (χ3n) is 5.62. The minimum Gasteiger partial charge on any atom is -0.494 e. The molecule has 0 aliphatic carbocycles. The number of aldehydes is 2. The molecule has 0 heterocycles. The average Bonchev–Trinajstić information content (AvgIpc) is 2.71. The molecule has 30 heavy (non-hydrogen) atoms. The molecular formula is C26H42O4. The summed E-state index contributed by atoms with van der Waals surface area (Å²) < 4.78 is 11.3. The van der Waals surface area contributed by atoms with Gasteiger partial charge in [0.25, 0.3) is 0 Å². The van der Waals surface area contributed by atoms with E-state index in [1.54, 1.807) is 0 Å². The van der Waals surface area contributed by atoms with Crippen LogP contribution in [0.1, 0.15) is 84.6 Å². The standard InChI is InChI=1S/C26H42O4/c1-21(2)7-5-8-22(3)9-6-10-23(4)16-18-29-25-13-11-24(12-14-25)20-30-26(19-28)15-17-27/h11-14,17,19,21-23,26H,5-10,15-16,18,20H2,1-4H3. The maximum atomic E-state index is 10.8. The molecule has 0 radical (unpaired) electrons. The summed E-state index contributed by atoms with van der Waals surface area (Å²) in [6, 6.07) is 7.72. The van der Waals surface area contributed by atoms with Crippen LogP contribution in [-0.4, -0.2) is 25.3 Å². The smallest absolute Gasteiger partial charge is 0.149 e. The molecule has 4 nitrogen and oxygen atoms in total. The van der Waals surface area contributed by atoms with Gasteiger partial charge in [0.1, 0.15) is 24.4 Å². The molecule has 0 bridgehead atoms. The van der Waals surface area contributed by atoms with Crippen LogP contribution < -0.4 is 4.74 Å². The van der Waals surface area contributed by atoms with Gasteiger partial charge in [-0.15, -0.1) is 0 Å². The Labute approximate surface area is 183 Å². The first-order valence-corrected chi connectivity index (χ1v) is 11.7. The number of carbonyl (C=O) groups is 2. The molecule has 170 valence electrons. The van der Waals surface area contributed by atoms with Crippen molar-refractivity contribution < 1.29 is 19.1 Å². The normalized spacial score (nSPS) is 14.3. The SMILES string of the molecule is CC(C)CCCC(C)CCCC(C)CCOc1ccc(COC(C=O)CC=O)cc1. The van der Waals surface area contributed by atoms with E-state index in [1.807, 2.05) is 24.3 Å². The van der Waals surface area contributed by atoms with Crippen LogP contribution in [0.3, 0.4) is 0 Å². The van der Waals surface area contributed by atoms with Crippen LogP contribution in [0.4, 0.5) is 0 Å². The highest BCUT2D eigenvalue weighted by Crippen LogP contribution is 2.21. The quantitative estimate of drug-likeness (QED) is 0.259. The van der Waals surface area contributed by atoms with E-state index in [1.165, 1.54) is 38.5 Å². The monoisotopic (exact) mass is 418 g/mol. The molecule has 0 saturated carbocycles. The number of ether oxygens (including phenoxy) is 2. The van der Waals surface area contributed by atoms with E-state index < -0.39 is 6.10 Å². The first kappa shape index (κ1) is 26.4. The predicted molar refractivity (Wildman–Crippen MR) is 123 cm³/mol.